The number of aliphatic hydroxyl groups is 1. The zero-order valence-corrected chi connectivity index (χ0v) is 12.0. The summed E-state index contributed by atoms with van der Waals surface area (Å²) in [4.78, 5) is 0. The van der Waals surface area contributed by atoms with Gasteiger partial charge in [-0.25, -0.2) is 0 Å². The normalized spacial score (nSPS) is 26.0. The molecule has 1 aromatic carbocycles. The van der Waals surface area contributed by atoms with Crippen molar-refractivity contribution in [2.24, 2.45) is 0 Å². The molecule has 18 heavy (non-hydrogen) atoms. The summed E-state index contributed by atoms with van der Waals surface area (Å²) < 4.78 is 0. The van der Waals surface area contributed by atoms with Crippen LogP contribution in [0.25, 0.3) is 0 Å². The van der Waals surface area contributed by atoms with Crippen LogP contribution in [0.4, 0.5) is 0 Å². The van der Waals surface area contributed by atoms with Crippen LogP contribution in [0.1, 0.15) is 44.2 Å². The molecule has 0 aromatic heterocycles. The molecule has 1 aliphatic rings. The highest BCUT2D eigenvalue weighted by molar-refractivity contribution is 6.35. The molecule has 2 rings (SSSR count). The number of hydrogen-bond donors (Lipinski definition) is 2. The summed E-state index contributed by atoms with van der Waals surface area (Å²) in [5.74, 6) is 0. The minimum Gasteiger partial charge on any atom is -0.392 e. The summed E-state index contributed by atoms with van der Waals surface area (Å²) in [6, 6.07) is 5.83. The quantitative estimate of drug-likeness (QED) is 0.882. The molecule has 1 aromatic rings. The van der Waals surface area contributed by atoms with E-state index < -0.39 is 0 Å². The number of aliphatic hydroxyl groups excluding tert-OH is 1. The van der Waals surface area contributed by atoms with Gasteiger partial charge in [-0.05, 0) is 37.5 Å². The molecule has 0 saturated heterocycles. The summed E-state index contributed by atoms with van der Waals surface area (Å²) in [6.45, 7) is 2.07. The average molecular weight is 288 g/mol. The predicted octanol–water partition coefficient (Wildman–Crippen LogP) is 3.95. The van der Waals surface area contributed by atoms with E-state index in [4.69, 9.17) is 23.2 Å². The molecule has 0 amide bonds. The molecule has 100 valence electrons. The number of nitrogens with one attached hydrogen (secondary N) is 1. The van der Waals surface area contributed by atoms with Crippen molar-refractivity contribution in [3.8, 4) is 0 Å². The maximum absolute atomic E-state index is 9.96. The van der Waals surface area contributed by atoms with Crippen molar-refractivity contribution in [2.75, 3.05) is 0 Å². The van der Waals surface area contributed by atoms with Crippen molar-refractivity contribution in [3.63, 3.8) is 0 Å². The van der Waals surface area contributed by atoms with E-state index in [9.17, 15) is 5.11 Å². The number of rotatable bonds is 3. The largest absolute Gasteiger partial charge is 0.392 e. The summed E-state index contributed by atoms with van der Waals surface area (Å²) in [5.41, 5.74) is 1.03. The van der Waals surface area contributed by atoms with Gasteiger partial charge in [0, 0.05) is 22.1 Å². The number of halogens is 2. The monoisotopic (exact) mass is 287 g/mol. The van der Waals surface area contributed by atoms with Gasteiger partial charge in [0.15, 0.2) is 0 Å². The predicted molar refractivity (Wildman–Crippen MR) is 76.3 cm³/mol. The van der Waals surface area contributed by atoms with Crippen molar-refractivity contribution >= 4 is 23.2 Å². The first-order chi connectivity index (χ1) is 8.58. The van der Waals surface area contributed by atoms with Crippen LogP contribution >= 0.6 is 23.2 Å². The van der Waals surface area contributed by atoms with Crippen LogP contribution in [0.15, 0.2) is 18.2 Å². The topological polar surface area (TPSA) is 32.3 Å². The van der Waals surface area contributed by atoms with E-state index in [2.05, 4.69) is 12.2 Å². The summed E-state index contributed by atoms with van der Waals surface area (Å²) >= 11 is 12.1. The van der Waals surface area contributed by atoms with Crippen LogP contribution in [-0.4, -0.2) is 17.3 Å². The zero-order valence-electron chi connectivity index (χ0n) is 10.5. The van der Waals surface area contributed by atoms with E-state index in [0.29, 0.717) is 10.0 Å². The Kier molecular flexibility index (Phi) is 4.91. The molecule has 1 unspecified atom stereocenters. The highest BCUT2D eigenvalue weighted by Crippen LogP contribution is 2.28. The number of benzene rings is 1. The molecule has 2 N–H and O–H groups in total. The van der Waals surface area contributed by atoms with Crippen LogP contribution < -0.4 is 5.32 Å². The minimum atomic E-state index is -0.243. The Morgan fingerprint density at radius 2 is 2.00 bits per heavy atom. The van der Waals surface area contributed by atoms with Crippen molar-refractivity contribution in [1.82, 2.24) is 5.32 Å². The lowest BCUT2D eigenvalue weighted by Crippen LogP contribution is -2.43. The van der Waals surface area contributed by atoms with Crippen molar-refractivity contribution < 1.29 is 5.11 Å². The molecule has 1 saturated carbocycles. The molecule has 0 radical (unpaired) electrons. The molecule has 1 fully saturated rings. The molecule has 4 heteroatoms. The van der Waals surface area contributed by atoms with E-state index in [1.54, 1.807) is 6.07 Å². The molecule has 0 aliphatic heterocycles. The first kappa shape index (κ1) is 14.1. The van der Waals surface area contributed by atoms with Crippen molar-refractivity contribution in [3.05, 3.63) is 33.8 Å². The van der Waals surface area contributed by atoms with Gasteiger partial charge >= 0.3 is 0 Å². The SMILES string of the molecule is CC(N[C@H]1CCCC[C@@H]1O)c1ccc(Cl)cc1Cl. The first-order valence-corrected chi connectivity index (χ1v) is 7.22. The zero-order chi connectivity index (χ0) is 13.1. The van der Waals surface area contributed by atoms with Crippen LogP contribution in [0.2, 0.25) is 10.0 Å². The van der Waals surface area contributed by atoms with Gasteiger partial charge in [-0.3, -0.25) is 0 Å². The maximum Gasteiger partial charge on any atom is 0.0693 e. The molecule has 2 nitrogen and oxygen atoms in total. The third-order valence-corrected chi connectivity index (χ3v) is 4.18. The Morgan fingerprint density at radius 3 is 2.67 bits per heavy atom. The third kappa shape index (κ3) is 3.39. The van der Waals surface area contributed by atoms with Gasteiger partial charge in [-0.1, -0.05) is 42.1 Å². The van der Waals surface area contributed by atoms with Crippen molar-refractivity contribution in [2.45, 2.75) is 50.8 Å². The summed E-state index contributed by atoms with van der Waals surface area (Å²) in [7, 11) is 0. The van der Waals surface area contributed by atoms with E-state index in [1.807, 2.05) is 12.1 Å². The molecule has 0 heterocycles. The van der Waals surface area contributed by atoms with Crippen LogP contribution in [-0.2, 0) is 0 Å². The summed E-state index contributed by atoms with van der Waals surface area (Å²) in [5, 5.41) is 14.7. The number of hydrogen-bond acceptors (Lipinski definition) is 2. The van der Waals surface area contributed by atoms with Gasteiger partial charge in [0.1, 0.15) is 0 Å². The van der Waals surface area contributed by atoms with Crippen LogP contribution in [0.5, 0.6) is 0 Å². The molecule has 3 atom stereocenters. The molecular weight excluding hydrogens is 269 g/mol. The Bertz CT molecular complexity index is 411. The van der Waals surface area contributed by atoms with Gasteiger partial charge in [0.25, 0.3) is 0 Å². The standard InChI is InChI=1S/C14H19Cl2NO/c1-9(11-7-6-10(15)8-12(11)16)17-13-4-2-3-5-14(13)18/h6-9,13-14,17-18H,2-5H2,1H3/t9?,13-,14-/m0/s1. The lowest BCUT2D eigenvalue weighted by Gasteiger charge is -2.31. The van der Waals surface area contributed by atoms with Gasteiger partial charge in [-0.15, -0.1) is 0 Å². The van der Waals surface area contributed by atoms with Crippen molar-refractivity contribution in [1.29, 1.82) is 0 Å². The Morgan fingerprint density at radius 1 is 1.28 bits per heavy atom. The smallest absolute Gasteiger partial charge is 0.0693 e. The Balaban J connectivity index is 2.04. The van der Waals surface area contributed by atoms with E-state index in [0.717, 1.165) is 24.8 Å². The average Bonchev–Trinajstić information content (AvgIpc) is 2.32. The molecule has 0 spiro atoms. The second kappa shape index (κ2) is 6.25. The molecule has 1 aliphatic carbocycles. The lowest BCUT2D eigenvalue weighted by molar-refractivity contribution is 0.0860. The fourth-order valence-corrected chi connectivity index (χ4v) is 3.14. The maximum atomic E-state index is 9.96. The second-order valence-corrected chi connectivity index (χ2v) is 5.86. The second-order valence-electron chi connectivity index (χ2n) is 5.01. The van der Waals surface area contributed by atoms with Gasteiger partial charge in [0.2, 0.25) is 0 Å². The van der Waals surface area contributed by atoms with E-state index in [1.165, 1.54) is 6.42 Å². The highest BCUT2D eigenvalue weighted by Gasteiger charge is 2.24. The fourth-order valence-electron chi connectivity index (χ4n) is 2.57. The summed E-state index contributed by atoms with van der Waals surface area (Å²) in [6.07, 6.45) is 3.97. The Hall–Kier alpha value is -0.280. The van der Waals surface area contributed by atoms with Gasteiger partial charge in [0.05, 0.1) is 6.10 Å². The van der Waals surface area contributed by atoms with E-state index in [-0.39, 0.29) is 18.2 Å². The van der Waals surface area contributed by atoms with Crippen LogP contribution in [0, 0.1) is 0 Å². The highest BCUT2D eigenvalue weighted by atomic mass is 35.5. The first-order valence-electron chi connectivity index (χ1n) is 6.47. The van der Waals surface area contributed by atoms with Gasteiger partial charge < -0.3 is 10.4 Å². The van der Waals surface area contributed by atoms with E-state index >= 15 is 0 Å². The fraction of sp³-hybridized carbons (Fsp3) is 0.571. The van der Waals surface area contributed by atoms with Gasteiger partial charge in [-0.2, -0.15) is 0 Å². The minimum absolute atomic E-state index is 0.118. The third-order valence-electron chi connectivity index (χ3n) is 3.62. The lowest BCUT2D eigenvalue weighted by atomic mass is 9.91. The van der Waals surface area contributed by atoms with Crippen LogP contribution in [0.3, 0.4) is 0 Å². The Labute approximate surface area is 118 Å². The molecule has 0 bridgehead atoms. The molecular formula is C14H19Cl2NO.